The van der Waals surface area contributed by atoms with Gasteiger partial charge in [0.05, 0.1) is 5.71 Å². The maximum atomic E-state index is 11.3. The van der Waals surface area contributed by atoms with E-state index in [0.717, 1.165) is 24.1 Å². The molecule has 0 unspecified atom stereocenters. The van der Waals surface area contributed by atoms with Gasteiger partial charge in [-0.3, -0.25) is 0 Å². The van der Waals surface area contributed by atoms with Crippen LogP contribution in [0.3, 0.4) is 0 Å². The lowest BCUT2D eigenvalue weighted by Gasteiger charge is -2.25. The van der Waals surface area contributed by atoms with Gasteiger partial charge in [-0.2, -0.15) is 4.89 Å². The van der Waals surface area contributed by atoms with E-state index >= 15 is 0 Å². The van der Waals surface area contributed by atoms with E-state index in [0.29, 0.717) is 18.9 Å². The second-order valence-corrected chi connectivity index (χ2v) is 9.17. The first-order valence-corrected chi connectivity index (χ1v) is 10.6. The standard InChI is InChI=1S/C23H36N2O4/c1-16(14-21(28-22(24)26)19-8-6-7-9-19)17(2)25-29-27-15-18-10-12-20(13-11-18)23(3,4)5/h10-13,16,19,21H,6-9,14-15H2,1-5H3,(H2,24,26)/b25-17+/t16-,21+/m0/s1. The van der Waals surface area contributed by atoms with Gasteiger partial charge in [0.25, 0.3) is 0 Å². The Balaban J connectivity index is 1.81. The molecule has 0 spiro atoms. The number of carbonyl (C=O) groups excluding carboxylic acids is 1. The van der Waals surface area contributed by atoms with Crippen LogP contribution >= 0.6 is 0 Å². The van der Waals surface area contributed by atoms with Gasteiger partial charge in [0.1, 0.15) is 12.7 Å². The summed E-state index contributed by atoms with van der Waals surface area (Å²) in [6, 6.07) is 8.29. The quantitative estimate of drug-likeness (QED) is 0.255. The van der Waals surface area contributed by atoms with Crippen molar-refractivity contribution in [3.63, 3.8) is 0 Å². The molecule has 2 atom stereocenters. The number of primary amides is 1. The number of carbonyl (C=O) groups is 1. The SMILES string of the molecule is C/C(=N\OOCc1ccc(C(C)(C)C)cc1)[C@@H](C)C[C@@H](OC(N)=O)C1CCCC1. The predicted octanol–water partition coefficient (Wildman–Crippen LogP) is 5.49. The molecule has 0 radical (unpaired) electrons. The number of oxime groups is 1. The fraction of sp³-hybridized carbons (Fsp3) is 0.652. The first kappa shape index (κ1) is 23.2. The number of ether oxygens (including phenoxy) is 1. The molecule has 1 fully saturated rings. The topological polar surface area (TPSA) is 83.1 Å². The van der Waals surface area contributed by atoms with Gasteiger partial charge >= 0.3 is 6.09 Å². The summed E-state index contributed by atoms with van der Waals surface area (Å²) in [6.45, 7) is 10.8. The molecule has 1 aliphatic carbocycles. The van der Waals surface area contributed by atoms with Gasteiger partial charge in [0.2, 0.25) is 0 Å². The number of hydrogen-bond acceptors (Lipinski definition) is 5. The van der Waals surface area contributed by atoms with Crippen molar-refractivity contribution in [2.24, 2.45) is 22.7 Å². The van der Waals surface area contributed by atoms with Crippen LogP contribution in [-0.4, -0.2) is 17.9 Å². The van der Waals surface area contributed by atoms with Crippen LogP contribution in [0.5, 0.6) is 0 Å². The molecule has 2 N–H and O–H groups in total. The highest BCUT2D eigenvalue weighted by Gasteiger charge is 2.29. The van der Waals surface area contributed by atoms with E-state index < -0.39 is 6.09 Å². The van der Waals surface area contributed by atoms with Gasteiger partial charge in [0, 0.05) is 5.92 Å². The molecule has 1 saturated carbocycles. The summed E-state index contributed by atoms with van der Waals surface area (Å²) < 4.78 is 5.38. The molecule has 1 aliphatic rings. The Kier molecular flexibility index (Phi) is 8.50. The van der Waals surface area contributed by atoms with Crippen LogP contribution in [0.1, 0.15) is 77.8 Å². The summed E-state index contributed by atoms with van der Waals surface area (Å²) in [6.07, 6.45) is 4.32. The Morgan fingerprint density at radius 1 is 1.21 bits per heavy atom. The third-order valence-electron chi connectivity index (χ3n) is 5.77. The minimum atomic E-state index is -0.708. The van der Waals surface area contributed by atoms with Gasteiger partial charge in [-0.25, -0.2) is 9.78 Å². The third-order valence-corrected chi connectivity index (χ3v) is 5.77. The van der Waals surface area contributed by atoms with Crippen molar-refractivity contribution in [2.75, 3.05) is 0 Å². The fourth-order valence-electron chi connectivity index (χ4n) is 3.70. The van der Waals surface area contributed by atoms with Crippen molar-refractivity contribution in [1.82, 2.24) is 0 Å². The van der Waals surface area contributed by atoms with E-state index in [9.17, 15) is 4.79 Å². The molecule has 162 valence electrons. The van der Waals surface area contributed by atoms with E-state index in [1.54, 1.807) is 0 Å². The van der Waals surface area contributed by atoms with Gasteiger partial charge < -0.3 is 10.5 Å². The summed E-state index contributed by atoms with van der Waals surface area (Å²) in [7, 11) is 0. The molecule has 1 amide bonds. The molecule has 6 nitrogen and oxygen atoms in total. The molecule has 29 heavy (non-hydrogen) atoms. The average molecular weight is 405 g/mol. The third kappa shape index (κ3) is 7.69. The van der Waals surface area contributed by atoms with Crippen molar-refractivity contribution >= 4 is 11.8 Å². The molecule has 0 aromatic heterocycles. The molecule has 6 heteroatoms. The molecule has 0 aliphatic heterocycles. The normalized spacial score (nSPS) is 17.8. The molecular formula is C23H36N2O4. The van der Waals surface area contributed by atoms with Crippen LogP contribution < -0.4 is 5.73 Å². The van der Waals surface area contributed by atoms with Crippen LogP contribution in [-0.2, 0) is 26.6 Å². The maximum Gasteiger partial charge on any atom is 0.404 e. The predicted molar refractivity (Wildman–Crippen MR) is 114 cm³/mol. The minimum Gasteiger partial charge on any atom is -0.446 e. The molecule has 1 aromatic rings. The number of nitrogens with zero attached hydrogens (tertiary/aromatic N) is 1. The van der Waals surface area contributed by atoms with Gasteiger partial charge in [0.15, 0.2) is 0 Å². The van der Waals surface area contributed by atoms with Crippen LogP contribution in [0, 0.1) is 11.8 Å². The molecular weight excluding hydrogens is 368 g/mol. The highest BCUT2D eigenvalue weighted by Crippen LogP contribution is 2.32. The van der Waals surface area contributed by atoms with Crippen molar-refractivity contribution in [1.29, 1.82) is 0 Å². The number of amides is 1. The van der Waals surface area contributed by atoms with Crippen LogP contribution in [0.4, 0.5) is 4.79 Å². The lowest BCUT2D eigenvalue weighted by molar-refractivity contribution is -0.305. The summed E-state index contributed by atoms with van der Waals surface area (Å²) in [5, 5.41) is 4.08. The first-order chi connectivity index (χ1) is 13.7. The fourth-order valence-corrected chi connectivity index (χ4v) is 3.70. The van der Waals surface area contributed by atoms with Crippen molar-refractivity contribution < 1.29 is 19.4 Å². The minimum absolute atomic E-state index is 0.0922. The zero-order valence-corrected chi connectivity index (χ0v) is 18.4. The second-order valence-electron chi connectivity index (χ2n) is 9.17. The van der Waals surface area contributed by atoms with E-state index in [1.807, 2.05) is 26.0 Å². The molecule has 2 rings (SSSR count). The van der Waals surface area contributed by atoms with Crippen LogP contribution in [0.25, 0.3) is 0 Å². The Hall–Kier alpha value is -2.08. The molecule has 0 saturated heterocycles. The summed E-state index contributed by atoms with van der Waals surface area (Å²) in [4.78, 5) is 21.6. The monoisotopic (exact) mass is 404 g/mol. The second kappa shape index (κ2) is 10.6. The lowest BCUT2D eigenvalue weighted by atomic mass is 9.87. The molecule has 1 aromatic carbocycles. The zero-order chi connectivity index (χ0) is 21.4. The highest BCUT2D eigenvalue weighted by atomic mass is 17.3. The highest BCUT2D eigenvalue weighted by molar-refractivity contribution is 5.83. The average Bonchev–Trinajstić information content (AvgIpc) is 3.18. The number of nitrogens with two attached hydrogens (primary N) is 1. The maximum absolute atomic E-state index is 11.3. The lowest BCUT2D eigenvalue weighted by Crippen LogP contribution is -2.31. The van der Waals surface area contributed by atoms with Crippen molar-refractivity contribution in [3.8, 4) is 0 Å². The van der Waals surface area contributed by atoms with E-state index in [4.69, 9.17) is 20.3 Å². The van der Waals surface area contributed by atoms with E-state index in [2.05, 4.69) is 38.1 Å². The van der Waals surface area contributed by atoms with Gasteiger partial charge in [-0.05, 0) is 48.6 Å². The largest absolute Gasteiger partial charge is 0.446 e. The van der Waals surface area contributed by atoms with E-state index in [-0.39, 0.29) is 17.4 Å². The van der Waals surface area contributed by atoms with Crippen molar-refractivity contribution in [2.45, 2.75) is 84.8 Å². The number of benzene rings is 1. The molecule has 0 bridgehead atoms. The number of rotatable bonds is 9. The Labute approximate surface area is 174 Å². The van der Waals surface area contributed by atoms with Crippen LogP contribution in [0.2, 0.25) is 0 Å². The molecule has 0 heterocycles. The smallest absolute Gasteiger partial charge is 0.404 e. The first-order valence-electron chi connectivity index (χ1n) is 10.6. The summed E-state index contributed by atoms with van der Waals surface area (Å²) >= 11 is 0. The number of hydrogen-bond donors (Lipinski definition) is 1. The summed E-state index contributed by atoms with van der Waals surface area (Å²) in [5.74, 6) is 0.473. The van der Waals surface area contributed by atoms with Gasteiger partial charge in [-0.1, -0.05) is 70.0 Å². The zero-order valence-electron chi connectivity index (χ0n) is 18.4. The Morgan fingerprint density at radius 3 is 2.38 bits per heavy atom. The Bertz CT molecular complexity index is 673. The van der Waals surface area contributed by atoms with Gasteiger partial charge in [-0.15, -0.1) is 0 Å². The van der Waals surface area contributed by atoms with Crippen molar-refractivity contribution in [3.05, 3.63) is 35.4 Å². The van der Waals surface area contributed by atoms with E-state index in [1.165, 1.54) is 18.4 Å². The van der Waals surface area contributed by atoms with Crippen LogP contribution in [0.15, 0.2) is 29.4 Å². The Morgan fingerprint density at radius 2 is 1.83 bits per heavy atom. The summed E-state index contributed by atoms with van der Waals surface area (Å²) in [5.41, 5.74) is 8.49.